The zero-order valence-electron chi connectivity index (χ0n) is 10.2. The van der Waals surface area contributed by atoms with Crippen LogP contribution in [0.5, 0.6) is 0 Å². The van der Waals surface area contributed by atoms with E-state index in [1.807, 2.05) is 0 Å². The Hall–Kier alpha value is -1.08. The van der Waals surface area contributed by atoms with Crippen LogP contribution in [-0.2, 0) is 16.6 Å². The van der Waals surface area contributed by atoms with E-state index in [-0.39, 0.29) is 16.5 Å². The third-order valence-electron chi connectivity index (χ3n) is 2.62. The molecular formula is C13H11BrClNO3S. The Morgan fingerprint density at radius 2 is 1.90 bits per heavy atom. The molecule has 0 aliphatic heterocycles. The Balaban J connectivity index is 2.36. The number of hydrogen-bond acceptors (Lipinski definition) is 3. The van der Waals surface area contributed by atoms with Gasteiger partial charge in [0, 0.05) is 9.50 Å². The summed E-state index contributed by atoms with van der Waals surface area (Å²) in [4.78, 5) is 0.0375. The number of hydrogen-bond donors (Lipinski definition) is 2. The normalized spacial score (nSPS) is 11.3. The van der Waals surface area contributed by atoms with Gasteiger partial charge in [-0.05, 0) is 45.8 Å². The van der Waals surface area contributed by atoms with Crippen LogP contribution in [0, 0.1) is 0 Å². The van der Waals surface area contributed by atoms with Crippen molar-refractivity contribution in [1.29, 1.82) is 0 Å². The van der Waals surface area contributed by atoms with Crippen LogP contribution in [-0.4, -0.2) is 13.5 Å². The average Bonchev–Trinajstić information content (AvgIpc) is 2.41. The standard InChI is InChI=1S/C13H11BrClNO3S/c14-11-3-1-2-4-13(11)16-20(18,19)10-6-5-9(8-17)12(15)7-10/h1-7,16-17H,8H2. The highest BCUT2D eigenvalue weighted by Gasteiger charge is 2.16. The third kappa shape index (κ3) is 3.32. The summed E-state index contributed by atoms with van der Waals surface area (Å²) < 4.78 is 27.6. The van der Waals surface area contributed by atoms with E-state index < -0.39 is 10.0 Å². The van der Waals surface area contributed by atoms with Gasteiger partial charge < -0.3 is 5.11 Å². The first-order valence-corrected chi connectivity index (χ1v) is 8.26. The number of aliphatic hydroxyl groups is 1. The topological polar surface area (TPSA) is 66.4 Å². The van der Waals surface area contributed by atoms with E-state index in [9.17, 15) is 8.42 Å². The number of benzene rings is 2. The van der Waals surface area contributed by atoms with Crippen molar-refractivity contribution in [2.45, 2.75) is 11.5 Å². The molecule has 0 heterocycles. The second-order valence-corrected chi connectivity index (χ2v) is 6.94. The number of halogens is 2. The first kappa shape index (κ1) is 15.3. The number of rotatable bonds is 4. The van der Waals surface area contributed by atoms with Crippen LogP contribution in [0.1, 0.15) is 5.56 Å². The summed E-state index contributed by atoms with van der Waals surface area (Å²) in [5.74, 6) is 0. The zero-order chi connectivity index (χ0) is 14.8. The minimum Gasteiger partial charge on any atom is -0.392 e. The van der Waals surface area contributed by atoms with Gasteiger partial charge in [-0.25, -0.2) is 8.42 Å². The summed E-state index contributed by atoms with van der Waals surface area (Å²) in [6.45, 7) is -0.239. The molecule has 0 atom stereocenters. The highest BCUT2D eigenvalue weighted by molar-refractivity contribution is 9.10. The molecule has 7 heteroatoms. The van der Waals surface area contributed by atoms with E-state index in [0.29, 0.717) is 15.7 Å². The van der Waals surface area contributed by atoms with E-state index in [1.54, 1.807) is 24.3 Å². The SMILES string of the molecule is O=S(=O)(Nc1ccccc1Br)c1ccc(CO)c(Cl)c1. The van der Waals surface area contributed by atoms with E-state index in [1.165, 1.54) is 18.2 Å². The molecule has 2 N–H and O–H groups in total. The number of para-hydroxylation sites is 1. The molecular weight excluding hydrogens is 366 g/mol. The molecule has 0 radical (unpaired) electrons. The van der Waals surface area contributed by atoms with Crippen LogP contribution in [0.15, 0.2) is 51.8 Å². The van der Waals surface area contributed by atoms with E-state index in [0.717, 1.165) is 0 Å². The van der Waals surface area contributed by atoms with Crippen LogP contribution < -0.4 is 4.72 Å². The Morgan fingerprint density at radius 1 is 1.20 bits per heavy atom. The number of anilines is 1. The second-order valence-electron chi connectivity index (χ2n) is 4.00. The molecule has 0 saturated heterocycles. The summed E-state index contributed by atoms with van der Waals surface area (Å²) in [5.41, 5.74) is 0.918. The van der Waals surface area contributed by atoms with Crippen LogP contribution in [0.2, 0.25) is 5.02 Å². The van der Waals surface area contributed by atoms with Gasteiger partial charge in [-0.2, -0.15) is 0 Å². The van der Waals surface area contributed by atoms with Gasteiger partial charge in [0.25, 0.3) is 10.0 Å². The molecule has 20 heavy (non-hydrogen) atoms. The smallest absolute Gasteiger partial charge is 0.261 e. The van der Waals surface area contributed by atoms with Gasteiger partial charge in [-0.15, -0.1) is 0 Å². The highest BCUT2D eigenvalue weighted by Crippen LogP contribution is 2.26. The molecule has 0 aromatic heterocycles. The maximum Gasteiger partial charge on any atom is 0.261 e. The molecule has 0 aliphatic carbocycles. The van der Waals surface area contributed by atoms with E-state index in [2.05, 4.69) is 20.7 Å². The molecule has 0 unspecified atom stereocenters. The lowest BCUT2D eigenvalue weighted by Crippen LogP contribution is -2.13. The summed E-state index contributed by atoms with van der Waals surface area (Å²) in [6.07, 6.45) is 0. The minimum absolute atomic E-state index is 0.0375. The van der Waals surface area contributed by atoms with E-state index >= 15 is 0 Å². The summed E-state index contributed by atoms with van der Waals surface area (Å²) in [7, 11) is -3.73. The van der Waals surface area contributed by atoms with Crippen LogP contribution >= 0.6 is 27.5 Å². The second kappa shape index (κ2) is 6.13. The number of aliphatic hydroxyl groups excluding tert-OH is 1. The Kier molecular flexibility index (Phi) is 4.70. The Labute approximate surface area is 130 Å². The van der Waals surface area contributed by atoms with Gasteiger partial charge in [-0.1, -0.05) is 29.8 Å². The fraction of sp³-hybridized carbons (Fsp3) is 0.0769. The van der Waals surface area contributed by atoms with Crippen molar-refractivity contribution in [2.75, 3.05) is 4.72 Å². The summed E-state index contributed by atoms with van der Waals surface area (Å²) in [5, 5.41) is 9.24. The van der Waals surface area contributed by atoms with Gasteiger partial charge in [0.2, 0.25) is 0 Å². The summed E-state index contributed by atoms with van der Waals surface area (Å²) >= 11 is 9.18. The number of sulfonamides is 1. The lowest BCUT2D eigenvalue weighted by Gasteiger charge is -2.10. The largest absolute Gasteiger partial charge is 0.392 e. The minimum atomic E-state index is -3.73. The maximum atomic E-state index is 12.3. The fourth-order valence-corrected chi connectivity index (χ4v) is 3.50. The molecule has 0 fully saturated rings. The van der Waals surface area contributed by atoms with Gasteiger partial charge >= 0.3 is 0 Å². The molecule has 0 bridgehead atoms. The van der Waals surface area contributed by atoms with Gasteiger partial charge in [0.15, 0.2) is 0 Å². The molecule has 0 spiro atoms. The molecule has 106 valence electrons. The molecule has 4 nitrogen and oxygen atoms in total. The van der Waals surface area contributed by atoms with Crippen molar-refractivity contribution >= 4 is 43.2 Å². The third-order valence-corrected chi connectivity index (χ3v) is 5.03. The molecule has 0 aliphatic rings. The monoisotopic (exact) mass is 375 g/mol. The van der Waals surface area contributed by atoms with Crippen molar-refractivity contribution in [3.63, 3.8) is 0 Å². The summed E-state index contributed by atoms with van der Waals surface area (Å²) in [6, 6.07) is 11.1. The van der Waals surface area contributed by atoms with Crippen LogP contribution in [0.25, 0.3) is 0 Å². The van der Waals surface area contributed by atoms with E-state index in [4.69, 9.17) is 16.7 Å². The maximum absolute atomic E-state index is 12.3. The molecule has 2 aromatic carbocycles. The number of nitrogens with one attached hydrogen (secondary N) is 1. The van der Waals surface area contributed by atoms with Crippen LogP contribution in [0.3, 0.4) is 0 Å². The Morgan fingerprint density at radius 3 is 2.50 bits per heavy atom. The highest BCUT2D eigenvalue weighted by atomic mass is 79.9. The predicted octanol–water partition coefficient (Wildman–Crippen LogP) is 3.40. The molecule has 0 saturated carbocycles. The van der Waals surface area contributed by atoms with Crippen molar-refractivity contribution in [1.82, 2.24) is 0 Å². The quantitative estimate of drug-likeness (QED) is 0.859. The molecule has 2 aromatic rings. The van der Waals surface area contributed by atoms with Crippen molar-refractivity contribution in [2.24, 2.45) is 0 Å². The van der Waals surface area contributed by atoms with Crippen molar-refractivity contribution in [3.05, 3.63) is 57.5 Å². The predicted molar refractivity (Wildman–Crippen MR) is 82.3 cm³/mol. The Bertz CT molecular complexity index is 734. The average molecular weight is 377 g/mol. The lowest BCUT2D eigenvalue weighted by molar-refractivity contribution is 0.282. The first-order valence-electron chi connectivity index (χ1n) is 5.60. The lowest BCUT2D eigenvalue weighted by atomic mass is 10.2. The molecule has 2 rings (SSSR count). The molecule has 0 amide bonds. The van der Waals surface area contributed by atoms with Gasteiger partial charge in [0.1, 0.15) is 0 Å². The van der Waals surface area contributed by atoms with Crippen molar-refractivity contribution < 1.29 is 13.5 Å². The van der Waals surface area contributed by atoms with Crippen LogP contribution in [0.4, 0.5) is 5.69 Å². The first-order chi connectivity index (χ1) is 9.44. The zero-order valence-corrected chi connectivity index (χ0v) is 13.3. The van der Waals surface area contributed by atoms with Gasteiger partial charge in [-0.3, -0.25) is 4.72 Å². The van der Waals surface area contributed by atoms with Gasteiger partial charge in [0.05, 0.1) is 17.2 Å². The van der Waals surface area contributed by atoms with Crippen molar-refractivity contribution in [3.8, 4) is 0 Å². The fourth-order valence-electron chi connectivity index (χ4n) is 1.57.